The van der Waals surface area contributed by atoms with Crippen molar-refractivity contribution >= 4 is 21.8 Å². The molecular weight excluding hydrogens is 406 g/mol. The Morgan fingerprint density at radius 3 is 2.03 bits per heavy atom. The van der Waals surface area contributed by atoms with Crippen LogP contribution in [0.1, 0.15) is 11.1 Å². The van der Waals surface area contributed by atoms with Crippen LogP contribution in [-0.2, 0) is 28.0 Å². The lowest BCUT2D eigenvalue weighted by atomic mass is 10.2. The van der Waals surface area contributed by atoms with E-state index in [2.05, 4.69) is 0 Å². The molecule has 0 atom stereocenters. The zero-order valence-electron chi connectivity index (χ0n) is 16.3. The number of ether oxygens (including phenoxy) is 2. The minimum absolute atomic E-state index is 0.106. The third kappa shape index (κ3) is 5.51. The van der Waals surface area contributed by atoms with Gasteiger partial charge in [0.2, 0.25) is 10.0 Å². The van der Waals surface area contributed by atoms with Crippen LogP contribution in [0.25, 0.3) is 0 Å². The van der Waals surface area contributed by atoms with Crippen molar-refractivity contribution in [1.82, 2.24) is 0 Å². The van der Waals surface area contributed by atoms with Gasteiger partial charge in [0.15, 0.2) is 0 Å². The van der Waals surface area contributed by atoms with Gasteiger partial charge in [0, 0.05) is 6.07 Å². The van der Waals surface area contributed by atoms with Crippen molar-refractivity contribution in [2.24, 2.45) is 0 Å². The van der Waals surface area contributed by atoms with Crippen LogP contribution in [0.2, 0.25) is 0 Å². The summed E-state index contributed by atoms with van der Waals surface area (Å²) in [7, 11) is -4.08. The predicted molar refractivity (Wildman–Crippen MR) is 113 cm³/mol. The number of phenols is 1. The van der Waals surface area contributed by atoms with Gasteiger partial charge in [-0.05, 0) is 23.3 Å². The number of amides is 1. The smallest absolute Gasteiger partial charge is 0.428 e. The summed E-state index contributed by atoms with van der Waals surface area (Å²) >= 11 is 0. The molecule has 3 rings (SSSR count). The van der Waals surface area contributed by atoms with Gasteiger partial charge >= 0.3 is 6.09 Å². The zero-order chi connectivity index (χ0) is 21.6. The van der Waals surface area contributed by atoms with E-state index in [0.29, 0.717) is 9.87 Å². The molecule has 7 nitrogen and oxygen atoms in total. The quantitative estimate of drug-likeness (QED) is 0.611. The molecule has 0 heterocycles. The van der Waals surface area contributed by atoms with E-state index in [9.17, 15) is 18.3 Å². The van der Waals surface area contributed by atoms with Gasteiger partial charge in [-0.3, -0.25) is 0 Å². The Bertz CT molecular complexity index is 1100. The molecule has 0 aliphatic heterocycles. The van der Waals surface area contributed by atoms with Gasteiger partial charge in [-0.1, -0.05) is 60.7 Å². The predicted octanol–water partition coefficient (Wildman–Crippen LogP) is 4.07. The fraction of sp³-hybridized carbons (Fsp3) is 0.136. The highest BCUT2D eigenvalue weighted by molar-refractivity contribution is 7.92. The van der Waals surface area contributed by atoms with Crippen molar-refractivity contribution in [1.29, 1.82) is 0 Å². The molecule has 0 radical (unpaired) electrons. The van der Waals surface area contributed by atoms with Crippen molar-refractivity contribution in [2.45, 2.75) is 13.2 Å². The Morgan fingerprint density at radius 2 is 1.47 bits per heavy atom. The first-order chi connectivity index (χ1) is 14.3. The lowest BCUT2D eigenvalue weighted by Crippen LogP contribution is -2.36. The number of hydrogen-bond acceptors (Lipinski definition) is 6. The molecule has 30 heavy (non-hydrogen) atoms. The van der Waals surface area contributed by atoms with Crippen molar-refractivity contribution in [3.8, 4) is 11.5 Å². The van der Waals surface area contributed by atoms with E-state index in [1.807, 2.05) is 36.4 Å². The van der Waals surface area contributed by atoms with Gasteiger partial charge < -0.3 is 14.6 Å². The molecular formula is C22H21NO6S. The Morgan fingerprint density at radius 1 is 0.900 bits per heavy atom. The van der Waals surface area contributed by atoms with Gasteiger partial charge in [0.1, 0.15) is 30.4 Å². The molecule has 1 N–H and O–H groups in total. The van der Waals surface area contributed by atoms with Crippen LogP contribution in [0.15, 0.2) is 78.9 Å². The standard InChI is InChI=1S/C22H21NO6S/c1-30(26,27)23(22(25)29-16-18-10-6-3-7-11-18)20-14-19(24)12-13-21(20)28-15-17-8-4-2-5-9-17/h2-14,24H,15-16H2,1H3. The summed E-state index contributed by atoms with van der Waals surface area (Å²) in [5.74, 6) is -0.111. The molecule has 156 valence electrons. The maximum Gasteiger partial charge on any atom is 0.428 e. The molecule has 1 amide bonds. The number of rotatable bonds is 7. The highest BCUT2D eigenvalue weighted by atomic mass is 32.2. The molecule has 0 aliphatic carbocycles. The van der Waals surface area contributed by atoms with Gasteiger partial charge in [0.05, 0.1) is 6.26 Å². The summed E-state index contributed by atoms with van der Waals surface area (Å²) in [6, 6.07) is 22.0. The number of sulfonamides is 1. The van der Waals surface area contributed by atoms with Crippen LogP contribution in [0.5, 0.6) is 11.5 Å². The summed E-state index contributed by atoms with van der Waals surface area (Å²) in [6.45, 7) is 0.0417. The fourth-order valence-electron chi connectivity index (χ4n) is 2.71. The molecule has 0 saturated heterocycles. The molecule has 0 unspecified atom stereocenters. The molecule has 0 spiro atoms. The van der Waals surface area contributed by atoms with E-state index in [1.54, 1.807) is 24.3 Å². The number of benzene rings is 3. The summed E-state index contributed by atoms with van der Waals surface area (Å²) in [4.78, 5) is 12.7. The number of carbonyl (C=O) groups excluding carboxylic acids is 1. The molecule has 0 aliphatic rings. The molecule has 8 heteroatoms. The lowest BCUT2D eigenvalue weighted by Gasteiger charge is -2.22. The highest BCUT2D eigenvalue weighted by Crippen LogP contribution is 2.34. The van der Waals surface area contributed by atoms with Gasteiger partial charge in [0.25, 0.3) is 0 Å². The van der Waals surface area contributed by atoms with Crippen LogP contribution in [0.3, 0.4) is 0 Å². The molecule has 0 saturated carbocycles. The maximum absolute atomic E-state index is 12.7. The average Bonchev–Trinajstić information content (AvgIpc) is 2.72. The Kier molecular flexibility index (Phi) is 6.58. The summed E-state index contributed by atoms with van der Waals surface area (Å²) in [6.07, 6.45) is -0.224. The molecule has 0 bridgehead atoms. The third-order valence-electron chi connectivity index (χ3n) is 4.10. The van der Waals surface area contributed by atoms with E-state index in [4.69, 9.17) is 9.47 Å². The van der Waals surface area contributed by atoms with Crippen molar-refractivity contribution in [3.05, 3.63) is 90.0 Å². The van der Waals surface area contributed by atoms with Crippen LogP contribution in [0.4, 0.5) is 10.5 Å². The van der Waals surface area contributed by atoms with Gasteiger partial charge in [-0.15, -0.1) is 0 Å². The average molecular weight is 427 g/mol. The maximum atomic E-state index is 12.7. The van der Waals surface area contributed by atoms with Crippen molar-refractivity contribution in [3.63, 3.8) is 0 Å². The van der Waals surface area contributed by atoms with Crippen molar-refractivity contribution < 1.29 is 27.8 Å². The highest BCUT2D eigenvalue weighted by Gasteiger charge is 2.30. The van der Waals surface area contributed by atoms with E-state index in [1.165, 1.54) is 12.1 Å². The van der Waals surface area contributed by atoms with E-state index >= 15 is 0 Å². The van der Waals surface area contributed by atoms with Gasteiger partial charge in [-0.25, -0.2) is 13.2 Å². The topological polar surface area (TPSA) is 93.1 Å². The number of aromatic hydroxyl groups is 1. The molecule has 3 aromatic carbocycles. The first kappa shape index (κ1) is 21.2. The van der Waals surface area contributed by atoms with Crippen LogP contribution >= 0.6 is 0 Å². The first-order valence-electron chi connectivity index (χ1n) is 9.05. The number of nitrogens with zero attached hydrogens (tertiary/aromatic N) is 1. The fourth-order valence-corrected chi connectivity index (χ4v) is 3.54. The van der Waals surface area contributed by atoms with Gasteiger partial charge in [-0.2, -0.15) is 4.31 Å². The second-order valence-corrected chi connectivity index (χ2v) is 8.33. The lowest BCUT2D eigenvalue weighted by molar-refractivity contribution is 0.151. The molecule has 0 aromatic heterocycles. The number of hydrogen-bond donors (Lipinski definition) is 1. The van der Waals surface area contributed by atoms with Crippen LogP contribution in [-0.4, -0.2) is 25.9 Å². The second kappa shape index (κ2) is 9.32. The largest absolute Gasteiger partial charge is 0.508 e. The van der Waals surface area contributed by atoms with Crippen LogP contribution < -0.4 is 9.04 Å². The van der Waals surface area contributed by atoms with E-state index < -0.39 is 16.1 Å². The Balaban J connectivity index is 1.87. The second-order valence-electron chi connectivity index (χ2n) is 6.49. The SMILES string of the molecule is CS(=O)(=O)N(C(=O)OCc1ccccc1)c1cc(O)ccc1OCc1ccccc1. The third-order valence-corrected chi connectivity index (χ3v) is 5.11. The van der Waals surface area contributed by atoms with E-state index in [0.717, 1.165) is 17.9 Å². The first-order valence-corrected chi connectivity index (χ1v) is 10.9. The van der Waals surface area contributed by atoms with E-state index in [-0.39, 0.29) is 30.4 Å². The Labute approximate surface area is 175 Å². The summed E-state index contributed by atoms with van der Waals surface area (Å²) in [5.41, 5.74) is 1.43. The number of phenolic OH excluding ortho intramolecular Hbond substituents is 1. The minimum Gasteiger partial charge on any atom is -0.508 e. The number of carbonyl (C=O) groups is 1. The molecule has 3 aromatic rings. The van der Waals surface area contributed by atoms with Crippen LogP contribution in [0, 0.1) is 0 Å². The number of anilines is 1. The zero-order valence-corrected chi connectivity index (χ0v) is 17.1. The normalized spacial score (nSPS) is 11.0. The summed E-state index contributed by atoms with van der Waals surface area (Å²) in [5, 5.41) is 9.90. The molecule has 0 fully saturated rings. The minimum atomic E-state index is -4.08. The van der Waals surface area contributed by atoms with Crippen molar-refractivity contribution in [2.75, 3.05) is 10.6 Å². The Hall–Kier alpha value is -3.52. The monoisotopic (exact) mass is 427 g/mol. The summed E-state index contributed by atoms with van der Waals surface area (Å²) < 4.78 is 36.2.